The van der Waals surface area contributed by atoms with Crippen LogP contribution >= 0.6 is 0 Å². The molecular weight excluding hydrogens is 378 g/mol. The smallest absolute Gasteiger partial charge is 0.0992 e. The Bertz CT molecular complexity index is 1140. The van der Waals surface area contributed by atoms with Gasteiger partial charge < -0.3 is 9.80 Å². The van der Waals surface area contributed by atoms with Gasteiger partial charge in [0.15, 0.2) is 0 Å². The van der Waals surface area contributed by atoms with Gasteiger partial charge in [-0.1, -0.05) is 57.2 Å². The van der Waals surface area contributed by atoms with Crippen LogP contribution in [0.4, 0.5) is 11.4 Å². The summed E-state index contributed by atoms with van der Waals surface area (Å²) in [6.45, 7) is 9.82. The molecular formula is C28H29N3. The fourth-order valence-corrected chi connectivity index (χ4v) is 4.19. The Labute approximate surface area is 185 Å². The Balaban J connectivity index is 1.51. The highest BCUT2D eigenvalue weighted by atomic mass is 15.1. The molecule has 2 heterocycles. The van der Waals surface area contributed by atoms with Gasteiger partial charge in [0.05, 0.1) is 11.6 Å². The fourth-order valence-electron chi connectivity index (χ4n) is 4.19. The number of allylic oxidation sites excluding steroid dienone is 4. The van der Waals surface area contributed by atoms with Crippen molar-refractivity contribution in [3.8, 4) is 6.07 Å². The van der Waals surface area contributed by atoms with E-state index < -0.39 is 0 Å². The van der Waals surface area contributed by atoms with E-state index in [1.54, 1.807) is 0 Å². The van der Waals surface area contributed by atoms with Gasteiger partial charge >= 0.3 is 0 Å². The maximum atomic E-state index is 9.19. The molecule has 2 aliphatic rings. The molecule has 1 atom stereocenters. The van der Waals surface area contributed by atoms with E-state index in [1.165, 1.54) is 22.4 Å². The average molecular weight is 408 g/mol. The lowest BCUT2D eigenvalue weighted by atomic mass is 9.85. The van der Waals surface area contributed by atoms with Crippen molar-refractivity contribution in [2.24, 2.45) is 0 Å². The lowest BCUT2D eigenvalue weighted by Crippen LogP contribution is -2.29. The molecule has 1 unspecified atom stereocenters. The number of anilines is 2. The Morgan fingerprint density at radius 1 is 0.968 bits per heavy atom. The van der Waals surface area contributed by atoms with Crippen LogP contribution in [-0.4, -0.2) is 12.6 Å². The van der Waals surface area contributed by atoms with Gasteiger partial charge in [0.25, 0.3) is 0 Å². The molecule has 0 N–H and O–H groups in total. The molecule has 0 aromatic heterocycles. The van der Waals surface area contributed by atoms with Crippen molar-refractivity contribution < 1.29 is 0 Å². The van der Waals surface area contributed by atoms with E-state index in [1.807, 2.05) is 24.3 Å². The van der Waals surface area contributed by atoms with Gasteiger partial charge in [-0.15, -0.1) is 0 Å². The first-order valence-corrected chi connectivity index (χ1v) is 10.8. The predicted octanol–water partition coefficient (Wildman–Crippen LogP) is 6.46. The highest BCUT2D eigenvalue weighted by molar-refractivity contribution is 5.64. The zero-order valence-corrected chi connectivity index (χ0v) is 18.7. The molecule has 0 amide bonds. The lowest BCUT2D eigenvalue weighted by Gasteiger charge is -2.32. The van der Waals surface area contributed by atoms with E-state index in [0.29, 0.717) is 5.56 Å². The van der Waals surface area contributed by atoms with Crippen molar-refractivity contribution in [3.05, 3.63) is 108 Å². The molecule has 0 spiro atoms. The van der Waals surface area contributed by atoms with Gasteiger partial charge in [-0.3, -0.25) is 0 Å². The second-order valence-corrected chi connectivity index (χ2v) is 9.14. The number of rotatable bonds is 3. The quantitative estimate of drug-likeness (QED) is 0.584. The third-order valence-electron chi connectivity index (χ3n) is 5.84. The van der Waals surface area contributed by atoms with Crippen molar-refractivity contribution in [3.63, 3.8) is 0 Å². The summed E-state index contributed by atoms with van der Waals surface area (Å²) in [4.78, 5) is 4.52. The molecule has 31 heavy (non-hydrogen) atoms. The van der Waals surface area contributed by atoms with Crippen molar-refractivity contribution in [2.75, 3.05) is 16.3 Å². The largest absolute Gasteiger partial charge is 0.344 e. The standard InChI is InChI=1S/C28H29N3/c1-21-18-24(14-17-31(21)25-9-7-8-22(19-25)20-29)23-12-15-30(16-13-23)27-11-6-5-10-26(27)28(2,3)4/h5-15,17-19,21H,16H2,1-4H3. The third kappa shape index (κ3) is 4.34. The summed E-state index contributed by atoms with van der Waals surface area (Å²) in [5.74, 6) is 0. The zero-order valence-electron chi connectivity index (χ0n) is 18.7. The van der Waals surface area contributed by atoms with E-state index in [2.05, 4.69) is 105 Å². The Morgan fingerprint density at radius 3 is 2.42 bits per heavy atom. The summed E-state index contributed by atoms with van der Waals surface area (Å²) in [5.41, 5.74) is 6.93. The molecule has 3 heteroatoms. The van der Waals surface area contributed by atoms with Crippen LogP contribution in [0.5, 0.6) is 0 Å². The van der Waals surface area contributed by atoms with E-state index in [0.717, 1.165) is 12.2 Å². The highest BCUT2D eigenvalue weighted by Crippen LogP contribution is 2.34. The van der Waals surface area contributed by atoms with Gasteiger partial charge in [0.2, 0.25) is 0 Å². The van der Waals surface area contributed by atoms with Crippen LogP contribution in [-0.2, 0) is 5.41 Å². The number of para-hydroxylation sites is 1. The second-order valence-electron chi connectivity index (χ2n) is 9.14. The van der Waals surface area contributed by atoms with Crippen LogP contribution in [0.15, 0.2) is 96.4 Å². The highest BCUT2D eigenvalue weighted by Gasteiger charge is 2.21. The predicted molar refractivity (Wildman–Crippen MR) is 130 cm³/mol. The maximum Gasteiger partial charge on any atom is 0.0992 e. The van der Waals surface area contributed by atoms with Crippen molar-refractivity contribution in [2.45, 2.75) is 39.2 Å². The number of hydrogen-bond donors (Lipinski definition) is 0. The van der Waals surface area contributed by atoms with Gasteiger partial charge in [0.1, 0.15) is 0 Å². The lowest BCUT2D eigenvalue weighted by molar-refractivity contribution is 0.590. The molecule has 0 radical (unpaired) electrons. The first-order valence-electron chi connectivity index (χ1n) is 10.8. The van der Waals surface area contributed by atoms with Crippen LogP contribution in [0.2, 0.25) is 0 Å². The summed E-state index contributed by atoms with van der Waals surface area (Å²) in [7, 11) is 0. The topological polar surface area (TPSA) is 30.3 Å². The second kappa shape index (κ2) is 8.32. The maximum absolute atomic E-state index is 9.19. The van der Waals surface area contributed by atoms with E-state index in [9.17, 15) is 5.26 Å². The first-order chi connectivity index (χ1) is 14.9. The number of hydrogen-bond acceptors (Lipinski definition) is 3. The molecule has 0 aliphatic carbocycles. The van der Waals surface area contributed by atoms with Crippen molar-refractivity contribution >= 4 is 11.4 Å². The Hall–Kier alpha value is -3.51. The van der Waals surface area contributed by atoms with Crippen molar-refractivity contribution in [1.82, 2.24) is 0 Å². The molecule has 3 nitrogen and oxygen atoms in total. The molecule has 2 aromatic rings. The number of nitriles is 1. The van der Waals surface area contributed by atoms with Crippen molar-refractivity contribution in [1.29, 1.82) is 5.26 Å². The van der Waals surface area contributed by atoms with Crippen LogP contribution in [0.3, 0.4) is 0 Å². The van der Waals surface area contributed by atoms with E-state index >= 15 is 0 Å². The van der Waals surface area contributed by atoms with Crippen LogP contribution in [0.25, 0.3) is 0 Å². The monoisotopic (exact) mass is 407 g/mol. The van der Waals surface area contributed by atoms with Gasteiger partial charge in [-0.25, -0.2) is 0 Å². The van der Waals surface area contributed by atoms with Gasteiger partial charge in [-0.05, 0) is 65.5 Å². The minimum absolute atomic E-state index is 0.102. The minimum Gasteiger partial charge on any atom is -0.344 e. The van der Waals surface area contributed by atoms with Crippen LogP contribution < -0.4 is 9.80 Å². The SMILES string of the molecule is CC1C=C(C2=CCN(c3ccccc3C(C)(C)C)C=C2)C=CN1c1cccc(C#N)c1. The summed E-state index contributed by atoms with van der Waals surface area (Å²) in [5, 5.41) is 9.19. The normalized spacial score (nSPS) is 18.5. The molecule has 2 aromatic carbocycles. The zero-order chi connectivity index (χ0) is 22.0. The minimum atomic E-state index is 0.102. The molecule has 0 saturated carbocycles. The number of nitrogens with zero attached hydrogens (tertiary/aromatic N) is 3. The Morgan fingerprint density at radius 2 is 1.74 bits per heavy atom. The molecule has 2 aliphatic heterocycles. The van der Waals surface area contributed by atoms with Crippen LogP contribution in [0.1, 0.15) is 38.8 Å². The summed E-state index contributed by atoms with van der Waals surface area (Å²) in [6, 6.07) is 18.9. The Kier molecular flexibility index (Phi) is 5.57. The van der Waals surface area contributed by atoms with Gasteiger partial charge in [0, 0.05) is 36.4 Å². The molecule has 156 valence electrons. The molecule has 0 fully saturated rings. The average Bonchev–Trinajstić information content (AvgIpc) is 2.78. The molecule has 4 rings (SSSR count). The van der Waals surface area contributed by atoms with Gasteiger partial charge in [-0.2, -0.15) is 5.26 Å². The summed E-state index contributed by atoms with van der Waals surface area (Å²) in [6.07, 6.45) is 13.3. The fraction of sp³-hybridized carbons (Fsp3) is 0.250. The third-order valence-corrected chi connectivity index (χ3v) is 5.84. The van der Waals surface area contributed by atoms with Crippen LogP contribution in [0, 0.1) is 11.3 Å². The molecule has 0 bridgehead atoms. The molecule has 0 saturated heterocycles. The first kappa shape index (κ1) is 20.8. The van der Waals surface area contributed by atoms with E-state index in [4.69, 9.17) is 0 Å². The summed E-state index contributed by atoms with van der Waals surface area (Å²) >= 11 is 0. The van der Waals surface area contributed by atoms with E-state index in [-0.39, 0.29) is 11.5 Å². The summed E-state index contributed by atoms with van der Waals surface area (Å²) < 4.78 is 0. The number of benzene rings is 2.